The van der Waals surface area contributed by atoms with Gasteiger partial charge < -0.3 is 20.3 Å². The highest BCUT2D eigenvalue weighted by Gasteiger charge is 2.34. The lowest BCUT2D eigenvalue weighted by atomic mass is 9.88. The predicted molar refractivity (Wildman–Crippen MR) is 146 cm³/mol. The average Bonchev–Trinajstić information content (AvgIpc) is 3.15. The van der Waals surface area contributed by atoms with Gasteiger partial charge in [0.2, 0.25) is 0 Å². The molecule has 0 bridgehead atoms. The summed E-state index contributed by atoms with van der Waals surface area (Å²) >= 11 is 0. The first kappa shape index (κ1) is 27.6. The molecule has 1 unspecified atom stereocenters. The van der Waals surface area contributed by atoms with Gasteiger partial charge in [-0.15, -0.1) is 24.0 Å². The maximum atomic E-state index is 5.69. The number of guanidine groups is 1. The van der Waals surface area contributed by atoms with Crippen LogP contribution in [-0.2, 0) is 18.3 Å². The van der Waals surface area contributed by atoms with Crippen LogP contribution in [0.3, 0.4) is 0 Å². The van der Waals surface area contributed by atoms with Gasteiger partial charge in [0.25, 0.3) is 0 Å². The largest absolute Gasteiger partial charge is 0.381 e. The van der Waals surface area contributed by atoms with Gasteiger partial charge in [0.1, 0.15) is 0 Å². The first-order valence-corrected chi connectivity index (χ1v) is 11.7. The SMILES string of the molecule is CN=C(NCC1(NC(C)c2ccccc2)CCOCC1)N(C)Cc1cn(C)nc1C(C)C.I. The third-order valence-corrected chi connectivity index (χ3v) is 6.32. The fourth-order valence-electron chi connectivity index (χ4n) is 4.54. The van der Waals surface area contributed by atoms with E-state index in [0.717, 1.165) is 50.8 Å². The van der Waals surface area contributed by atoms with E-state index in [1.54, 1.807) is 0 Å². The fourth-order valence-corrected chi connectivity index (χ4v) is 4.54. The van der Waals surface area contributed by atoms with Crippen LogP contribution < -0.4 is 10.6 Å². The van der Waals surface area contributed by atoms with Gasteiger partial charge >= 0.3 is 0 Å². The second-order valence-electron chi connectivity index (χ2n) is 9.29. The normalized spacial score (nSPS) is 16.9. The molecule has 0 saturated carbocycles. The standard InChI is InChI=1S/C25H40N6O.HI/c1-19(2)23-22(17-31(6)29-23)16-30(5)24(26-4)27-18-25(12-14-32-15-13-25)28-20(3)21-10-8-7-9-11-21;/h7-11,17,19-20,28H,12-16,18H2,1-6H3,(H,26,27);1H. The van der Waals surface area contributed by atoms with Crippen LogP contribution in [0.2, 0.25) is 0 Å². The van der Waals surface area contributed by atoms with Crippen LogP contribution in [0.4, 0.5) is 0 Å². The number of hydrogen-bond donors (Lipinski definition) is 2. The molecule has 2 aromatic rings. The van der Waals surface area contributed by atoms with Crippen LogP contribution in [-0.4, -0.2) is 60.0 Å². The minimum atomic E-state index is -0.0400. The molecular formula is C25H41IN6O. The molecule has 33 heavy (non-hydrogen) atoms. The number of aryl methyl sites for hydroxylation is 1. The lowest BCUT2D eigenvalue weighted by Gasteiger charge is -2.41. The fraction of sp³-hybridized carbons (Fsp3) is 0.600. The summed E-state index contributed by atoms with van der Waals surface area (Å²) in [5, 5.41) is 12.2. The van der Waals surface area contributed by atoms with Crippen LogP contribution >= 0.6 is 24.0 Å². The van der Waals surface area contributed by atoms with Gasteiger partial charge in [-0.25, -0.2) is 0 Å². The van der Waals surface area contributed by atoms with Crippen LogP contribution in [0.1, 0.15) is 62.4 Å². The lowest BCUT2D eigenvalue weighted by molar-refractivity contribution is 0.0353. The van der Waals surface area contributed by atoms with Crippen molar-refractivity contribution in [1.82, 2.24) is 25.3 Å². The second kappa shape index (κ2) is 12.7. The highest BCUT2D eigenvalue weighted by Crippen LogP contribution is 2.25. The topological polar surface area (TPSA) is 66.7 Å². The van der Waals surface area contributed by atoms with Crippen molar-refractivity contribution in [3.63, 3.8) is 0 Å². The molecule has 1 saturated heterocycles. The Balaban J connectivity index is 0.00000385. The third kappa shape index (κ3) is 7.42. The van der Waals surface area contributed by atoms with Crippen LogP contribution in [0.25, 0.3) is 0 Å². The number of nitrogens with one attached hydrogen (secondary N) is 2. The van der Waals surface area contributed by atoms with Crippen molar-refractivity contribution in [1.29, 1.82) is 0 Å². The quantitative estimate of drug-likeness (QED) is 0.286. The molecule has 1 aliphatic heterocycles. The Hall–Kier alpha value is -1.65. The van der Waals surface area contributed by atoms with Crippen molar-refractivity contribution in [3.05, 3.63) is 53.3 Å². The molecule has 2 N–H and O–H groups in total. The summed E-state index contributed by atoms with van der Waals surface area (Å²) in [4.78, 5) is 6.74. The summed E-state index contributed by atoms with van der Waals surface area (Å²) in [5.41, 5.74) is 3.65. The number of halogens is 1. The van der Waals surface area contributed by atoms with Gasteiger partial charge in [-0.3, -0.25) is 9.67 Å². The highest BCUT2D eigenvalue weighted by atomic mass is 127. The van der Waals surface area contributed by atoms with Gasteiger partial charge in [0.15, 0.2) is 5.96 Å². The summed E-state index contributed by atoms with van der Waals surface area (Å²) in [7, 11) is 5.92. The van der Waals surface area contributed by atoms with E-state index in [2.05, 4.69) is 90.0 Å². The van der Waals surface area contributed by atoms with E-state index in [0.29, 0.717) is 5.92 Å². The smallest absolute Gasteiger partial charge is 0.193 e. The van der Waals surface area contributed by atoms with Gasteiger partial charge in [-0.1, -0.05) is 44.2 Å². The Morgan fingerprint density at radius 3 is 2.48 bits per heavy atom. The minimum Gasteiger partial charge on any atom is -0.381 e. The van der Waals surface area contributed by atoms with E-state index in [9.17, 15) is 0 Å². The van der Waals surface area contributed by atoms with E-state index in [-0.39, 0.29) is 35.6 Å². The number of aliphatic imine (C=N–C) groups is 1. The first-order valence-electron chi connectivity index (χ1n) is 11.7. The predicted octanol–water partition coefficient (Wildman–Crippen LogP) is 4.07. The summed E-state index contributed by atoms with van der Waals surface area (Å²) in [6.07, 6.45) is 4.05. The Labute approximate surface area is 216 Å². The maximum Gasteiger partial charge on any atom is 0.193 e. The molecule has 0 spiro atoms. The lowest BCUT2D eigenvalue weighted by Crippen LogP contribution is -2.58. The van der Waals surface area contributed by atoms with Gasteiger partial charge in [0.05, 0.1) is 5.69 Å². The molecule has 0 amide bonds. The number of aromatic nitrogens is 2. The number of nitrogens with zero attached hydrogens (tertiary/aromatic N) is 4. The number of benzene rings is 1. The van der Waals surface area contributed by atoms with Crippen LogP contribution in [0.5, 0.6) is 0 Å². The number of hydrogen-bond acceptors (Lipinski definition) is 4. The maximum absolute atomic E-state index is 5.69. The zero-order chi connectivity index (χ0) is 23.1. The molecule has 1 aliphatic rings. The van der Waals surface area contributed by atoms with Crippen molar-refractivity contribution < 1.29 is 4.74 Å². The molecule has 3 rings (SSSR count). The van der Waals surface area contributed by atoms with Crippen LogP contribution in [0.15, 0.2) is 41.5 Å². The molecule has 1 aromatic heterocycles. The Bertz CT molecular complexity index is 876. The van der Waals surface area contributed by atoms with Crippen molar-refractivity contribution in [2.75, 3.05) is 33.9 Å². The molecule has 0 aliphatic carbocycles. The van der Waals surface area contributed by atoms with Crippen molar-refractivity contribution in [2.24, 2.45) is 12.0 Å². The molecule has 0 radical (unpaired) electrons. The molecule has 184 valence electrons. The molecule has 1 fully saturated rings. The van der Waals surface area contributed by atoms with Crippen molar-refractivity contribution in [3.8, 4) is 0 Å². The Morgan fingerprint density at radius 1 is 1.21 bits per heavy atom. The summed E-state index contributed by atoms with van der Waals surface area (Å²) in [6.45, 7) is 9.74. The molecule has 8 heteroatoms. The second-order valence-corrected chi connectivity index (χ2v) is 9.29. The summed E-state index contributed by atoms with van der Waals surface area (Å²) in [5.74, 6) is 1.28. The molecule has 7 nitrogen and oxygen atoms in total. The van der Waals surface area contributed by atoms with Gasteiger partial charge in [-0.2, -0.15) is 5.10 Å². The zero-order valence-electron chi connectivity index (χ0n) is 21.0. The third-order valence-electron chi connectivity index (χ3n) is 6.32. The van der Waals surface area contributed by atoms with E-state index >= 15 is 0 Å². The van der Waals surface area contributed by atoms with Crippen molar-refractivity contribution in [2.45, 2.75) is 57.7 Å². The molecular weight excluding hydrogens is 527 g/mol. The average molecular weight is 569 g/mol. The van der Waals surface area contributed by atoms with E-state index < -0.39 is 0 Å². The molecule has 2 heterocycles. The number of rotatable bonds is 8. The van der Waals surface area contributed by atoms with Crippen LogP contribution in [0, 0.1) is 0 Å². The van der Waals surface area contributed by atoms with Crippen molar-refractivity contribution >= 4 is 29.9 Å². The highest BCUT2D eigenvalue weighted by molar-refractivity contribution is 14.0. The monoisotopic (exact) mass is 568 g/mol. The minimum absolute atomic E-state index is 0. The zero-order valence-corrected chi connectivity index (χ0v) is 23.3. The summed E-state index contributed by atoms with van der Waals surface area (Å²) in [6, 6.07) is 10.9. The van der Waals surface area contributed by atoms with E-state index in [1.807, 2.05) is 18.8 Å². The molecule has 1 aromatic carbocycles. The van der Waals surface area contributed by atoms with Gasteiger partial charge in [0, 0.05) is 70.8 Å². The van der Waals surface area contributed by atoms with E-state index in [4.69, 9.17) is 4.74 Å². The van der Waals surface area contributed by atoms with E-state index in [1.165, 1.54) is 11.1 Å². The summed E-state index contributed by atoms with van der Waals surface area (Å²) < 4.78 is 7.60. The number of ether oxygens (including phenoxy) is 1. The Morgan fingerprint density at radius 2 is 1.88 bits per heavy atom. The first-order chi connectivity index (χ1) is 15.3. The molecule has 1 atom stereocenters. The van der Waals surface area contributed by atoms with Gasteiger partial charge in [-0.05, 0) is 31.2 Å². The Kier molecular flexibility index (Phi) is 10.6.